The van der Waals surface area contributed by atoms with E-state index < -0.39 is 0 Å². The molecule has 0 bridgehead atoms. The number of ether oxygens (including phenoxy) is 1. The van der Waals surface area contributed by atoms with Crippen LogP contribution in [0.15, 0.2) is 30.6 Å². The molecule has 0 amide bonds. The number of benzene rings is 1. The number of ketones is 1. The van der Waals surface area contributed by atoms with Crippen LogP contribution in [-0.2, 0) is 0 Å². The van der Waals surface area contributed by atoms with Crippen molar-refractivity contribution >= 4 is 11.6 Å². The highest BCUT2D eigenvalue weighted by Gasteiger charge is 2.17. The fraction of sp³-hybridized carbons (Fsp3) is 0.154. The summed E-state index contributed by atoms with van der Waals surface area (Å²) in [7, 11) is 1.57. The highest BCUT2D eigenvalue weighted by molar-refractivity contribution is 6.08. The summed E-state index contributed by atoms with van der Waals surface area (Å²) in [5, 5.41) is 11.8. The summed E-state index contributed by atoms with van der Waals surface area (Å²) in [6.45, 7) is 1.76. The van der Waals surface area contributed by atoms with Gasteiger partial charge in [-0.15, -0.1) is 10.2 Å². The normalized spacial score (nSPS) is 10.7. The van der Waals surface area contributed by atoms with Gasteiger partial charge in [-0.3, -0.25) is 4.79 Å². The second kappa shape index (κ2) is 4.69. The van der Waals surface area contributed by atoms with Gasteiger partial charge >= 0.3 is 0 Å². The van der Waals surface area contributed by atoms with Gasteiger partial charge in [0.25, 0.3) is 5.78 Å². The number of hydrogen-bond acceptors (Lipinski definition) is 6. The van der Waals surface area contributed by atoms with Gasteiger partial charge < -0.3 is 4.74 Å². The van der Waals surface area contributed by atoms with E-state index in [9.17, 15) is 4.79 Å². The first-order valence-corrected chi connectivity index (χ1v) is 5.92. The number of carbonyl (C=O) groups excluding carboxylic acids is 1. The predicted octanol–water partition coefficient (Wildman–Crippen LogP) is 1.07. The number of methoxy groups -OCH3 is 1. The number of carbonyl (C=O) groups is 1. The number of aromatic nitrogens is 5. The van der Waals surface area contributed by atoms with E-state index in [2.05, 4.69) is 20.3 Å². The Labute approximate surface area is 114 Å². The molecule has 7 heteroatoms. The zero-order valence-electron chi connectivity index (χ0n) is 10.9. The van der Waals surface area contributed by atoms with Crippen molar-refractivity contribution in [2.75, 3.05) is 7.11 Å². The van der Waals surface area contributed by atoms with Crippen molar-refractivity contribution in [3.8, 4) is 5.75 Å². The lowest BCUT2D eigenvalue weighted by Crippen LogP contribution is -2.12. The Bertz CT molecular complexity index is 779. The highest BCUT2D eigenvalue weighted by Crippen LogP contribution is 2.15. The van der Waals surface area contributed by atoms with Gasteiger partial charge in [0, 0.05) is 5.56 Å². The lowest BCUT2D eigenvalue weighted by atomic mass is 10.1. The van der Waals surface area contributed by atoms with Gasteiger partial charge in [0.15, 0.2) is 5.69 Å². The van der Waals surface area contributed by atoms with Crippen LogP contribution in [-0.4, -0.2) is 37.7 Å². The Kier molecular flexibility index (Phi) is 2.86. The average Bonchev–Trinajstić information content (AvgIpc) is 2.96. The Hall–Kier alpha value is -2.83. The van der Waals surface area contributed by atoms with Crippen molar-refractivity contribution in [2.45, 2.75) is 6.92 Å². The minimum atomic E-state index is -0.213. The van der Waals surface area contributed by atoms with E-state index in [1.807, 2.05) is 0 Å². The van der Waals surface area contributed by atoms with Crippen molar-refractivity contribution in [2.24, 2.45) is 0 Å². The third-order valence-corrected chi connectivity index (χ3v) is 3.00. The van der Waals surface area contributed by atoms with Crippen molar-refractivity contribution in [1.82, 2.24) is 24.8 Å². The van der Waals surface area contributed by atoms with Crippen LogP contribution in [0.25, 0.3) is 5.78 Å². The number of rotatable bonds is 3. The van der Waals surface area contributed by atoms with Gasteiger partial charge in [-0.25, -0.2) is 0 Å². The van der Waals surface area contributed by atoms with Crippen molar-refractivity contribution in [1.29, 1.82) is 0 Å². The molecule has 0 radical (unpaired) electrons. The third kappa shape index (κ3) is 1.89. The summed E-state index contributed by atoms with van der Waals surface area (Å²) in [5.74, 6) is 0.847. The van der Waals surface area contributed by atoms with Gasteiger partial charge in [0.2, 0.25) is 5.78 Å². The van der Waals surface area contributed by atoms with Crippen LogP contribution in [0.2, 0.25) is 0 Å². The molecule has 0 unspecified atom stereocenters. The van der Waals surface area contributed by atoms with Crippen LogP contribution in [0.5, 0.6) is 5.75 Å². The molecule has 3 rings (SSSR count). The van der Waals surface area contributed by atoms with Crippen LogP contribution in [0.4, 0.5) is 0 Å². The van der Waals surface area contributed by atoms with Crippen LogP contribution in [0.3, 0.4) is 0 Å². The van der Waals surface area contributed by atoms with Gasteiger partial charge in [-0.2, -0.15) is 14.6 Å². The first-order valence-electron chi connectivity index (χ1n) is 5.92. The molecule has 0 N–H and O–H groups in total. The lowest BCUT2D eigenvalue weighted by molar-refractivity contribution is 0.103. The molecule has 2 heterocycles. The molecule has 3 aromatic rings. The lowest BCUT2D eigenvalue weighted by Gasteiger charge is -2.05. The molecule has 0 saturated carbocycles. The summed E-state index contributed by atoms with van der Waals surface area (Å²) >= 11 is 0. The fourth-order valence-electron chi connectivity index (χ4n) is 1.90. The predicted molar refractivity (Wildman–Crippen MR) is 69.7 cm³/mol. The second-order valence-electron chi connectivity index (χ2n) is 4.16. The zero-order valence-corrected chi connectivity index (χ0v) is 10.9. The number of fused-ring (bicyclic) bond motifs is 1. The van der Waals surface area contributed by atoms with Gasteiger partial charge in [0.1, 0.15) is 12.1 Å². The first-order chi connectivity index (χ1) is 9.70. The van der Waals surface area contributed by atoms with Crippen LogP contribution >= 0.6 is 0 Å². The molecule has 20 heavy (non-hydrogen) atoms. The van der Waals surface area contributed by atoms with Crippen molar-refractivity contribution in [3.05, 3.63) is 47.5 Å². The quantitative estimate of drug-likeness (QED) is 0.661. The van der Waals surface area contributed by atoms with E-state index in [4.69, 9.17) is 4.74 Å². The Morgan fingerprint density at radius 3 is 2.65 bits per heavy atom. The van der Waals surface area contributed by atoms with Crippen molar-refractivity contribution in [3.63, 3.8) is 0 Å². The zero-order chi connectivity index (χ0) is 14.1. The molecule has 2 aromatic heterocycles. The van der Waals surface area contributed by atoms with E-state index in [0.29, 0.717) is 22.8 Å². The van der Waals surface area contributed by atoms with Crippen molar-refractivity contribution < 1.29 is 9.53 Å². The molecule has 0 atom stereocenters. The number of nitrogens with zero attached hydrogens (tertiary/aromatic N) is 5. The monoisotopic (exact) mass is 269 g/mol. The van der Waals surface area contributed by atoms with E-state index in [-0.39, 0.29) is 11.5 Å². The topological polar surface area (TPSA) is 82.3 Å². The molecule has 7 nitrogen and oxygen atoms in total. The minimum Gasteiger partial charge on any atom is -0.497 e. The van der Waals surface area contributed by atoms with Crippen LogP contribution in [0, 0.1) is 6.92 Å². The van der Waals surface area contributed by atoms with Crippen LogP contribution < -0.4 is 4.74 Å². The molecular weight excluding hydrogens is 258 g/mol. The summed E-state index contributed by atoms with van der Waals surface area (Å²) in [6, 6.07) is 6.83. The molecular formula is C13H11N5O2. The summed E-state index contributed by atoms with van der Waals surface area (Å²) in [5.41, 5.74) is 1.38. The number of aryl methyl sites for hydroxylation is 1. The number of hydrogen-bond donors (Lipinski definition) is 0. The maximum atomic E-state index is 12.4. The van der Waals surface area contributed by atoms with E-state index >= 15 is 0 Å². The molecule has 0 aliphatic heterocycles. The molecule has 0 aliphatic rings. The Morgan fingerprint density at radius 1 is 1.20 bits per heavy atom. The van der Waals surface area contributed by atoms with E-state index in [0.717, 1.165) is 0 Å². The van der Waals surface area contributed by atoms with Gasteiger partial charge in [0.05, 0.1) is 12.8 Å². The smallest absolute Gasteiger partial charge is 0.271 e. The molecule has 0 aliphatic carbocycles. The maximum absolute atomic E-state index is 12.4. The first kappa shape index (κ1) is 12.2. The SMILES string of the molecule is COc1ccc(C(=O)c2nnc3ncnn3c2C)cc1. The molecule has 0 fully saturated rings. The molecule has 0 saturated heterocycles. The van der Waals surface area contributed by atoms with E-state index in [1.54, 1.807) is 38.3 Å². The Balaban J connectivity index is 2.04. The van der Waals surface area contributed by atoms with Gasteiger partial charge in [-0.05, 0) is 31.2 Å². The molecule has 100 valence electrons. The van der Waals surface area contributed by atoms with E-state index in [1.165, 1.54) is 10.8 Å². The largest absolute Gasteiger partial charge is 0.497 e. The highest BCUT2D eigenvalue weighted by atomic mass is 16.5. The molecule has 0 spiro atoms. The summed E-state index contributed by atoms with van der Waals surface area (Å²) in [4.78, 5) is 16.4. The standard InChI is InChI=1S/C13H11N5O2/c1-8-11(16-17-13-14-7-15-18(8)13)12(19)9-3-5-10(20-2)6-4-9/h3-7H,1-2H3. The maximum Gasteiger partial charge on any atom is 0.271 e. The minimum absolute atomic E-state index is 0.213. The average molecular weight is 269 g/mol. The third-order valence-electron chi connectivity index (χ3n) is 3.00. The second-order valence-corrected chi connectivity index (χ2v) is 4.16. The van der Waals surface area contributed by atoms with Gasteiger partial charge in [-0.1, -0.05) is 0 Å². The summed E-state index contributed by atoms with van der Waals surface area (Å²) in [6.07, 6.45) is 1.37. The van der Waals surface area contributed by atoms with Crippen LogP contribution in [0.1, 0.15) is 21.7 Å². The fourth-order valence-corrected chi connectivity index (χ4v) is 1.90. The summed E-state index contributed by atoms with van der Waals surface area (Å²) < 4.78 is 6.55. The Morgan fingerprint density at radius 2 is 1.95 bits per heavy atom. The molecule has 1 aromatic carbocycles.